The van der Waals surface area contributed by atoms with E-state index in [0.29, 0.717) is 5.92 Å². The zero-order valence-electron chi connectivity index (χ0n) is 18.1. The van der Waals surface area contributed by atoms with Gasteiger partial charge in [-0.25, -0.2) is 9.59 Å². The van der Waals surface area contributed by atoms with Crippen molar-refractivity contribution in [2.45, 2.75) is 50.9 Å². The van der Waals surface area contributed by atoms with Crippen LogP contribution in [0.3, 0.4) is 0 Å². The van der Waals surface area contributed by atoms with Crippen molar-refractivity contribution < 1.29 is 37.0 Å². The zero-order valence-corrected chi connectivity index (χ0v) is 18.1. The fourth-order valence-corrected chi connectivity index (χ4v) is 4.26. The number of amides is 2. The van der Waals surface area contributed by atoms with E-state index in [1.807, 2.05) is 17.9 Å². The topological polar surface area (TPSA) is 95.3 Å². The van der Waals surface area contributed by atoms with E-state index in [1.54, 1.807) is 0 Å². The maximum atomic E-state index is 12.1. The van der Waals surface area contributed by atoms with E-state index in [0.717, 1.165) is 83.1 Å². The van der Waals surface area contributed by atoms with Crippen molar-refractivity contribution in [1.29, 1.82) is 0 Å². The lowest BCUT2D eigenvalue weighted by Crippen LogP contribution is -2.64. The molecule has 1 aromatic heterocycles. The first-order valence-electron chi connectivity index (χ1n) is 10.8. The predicted molar refractivity (Wildman–Crippen MR) is 108 cm³/mol. The smallest absolute Gasteiger partial charge is 0.475 e. The molecule has 0 saturated carbocycles. The quantitative estimate of drug-likeness (QED) is 0.716. The summed E-state index contributed by atoms with van der Waals surface area (Å²) in [5.74, 6) is -0.310. The van der Waals surface area contributed by atoms with Crippen LogP contribution in [0.25, 0.3) is 0 Å². The van der Waals surface area contributed by atoms with Crippen LogP contribution in [0.4, 0.5) is 18.0 Å². The van der Waals surface area contributed by atoms with Gasteiger partial charge in [0.15, 0.2) is 0 Å². The SMILES string of the molecule is Cc1ccc(CN2CC3(CCC(CNC(=O)N4CCCC4)CO3)C2)o1.O=C(O)C(F)(F)F. The van der Waals surface area contributed by atoms with Crippen LogP contribution in [-0.2, 0) is 16.1 Å². The normalized spacial score (nSPS) is 22.8. The van der Waals surface area contributed by atoms with Gasteiger partial charge in [0.05, 0.1) is 18.8 Å². The first-order chi connectivity index (χ1) is 15.1. The monoisotopic (exact) mass is 461 g/mol. The van der Waals surface area contributed by atoms with Crippen molar-refractivity contribution in [3.05, 3.63) is 23.7 Å². The molecule has 3 aliphatic heterocycles. The van der Waals surface area contributed by atoms with Gasteiger partial charge in [-0.1, -0.05) is 0 Å². The van der Waals surface area contributed by atoms with Gasteiger partial charge in [0, 0.05) is 32.7 Å². The van der Waals surface area contributed by atoms with Crippen LogP contribution in [-0.4, -0.2) is 78.0 Å². The summed E-state index contributed by atoms with van der Waals surface area (Å²) in [6.07, 6.45) is -0.591. The number of aryl methyl sites for hydroxylation is 1. The second kappa shape index (κ2) is 10.1. The highest BCUT2D eigenvalue weighted by Gasteiger charge is 2.46. The van der Waals surface area contributed by atoms with Crippen molar-refractivity contribution in [2.24, 2.45) is 5.92 Å². The number of carbonyl (C=O) groups is 2. The van der Waals surface area contributed by atoms with E-state index in [4.69, 9.17) is 19.1 Å². The van der Waals surface area contributed by atoms with Crippen LogP contribution in [0.15, 0.2) is 16.5 Å². The standard InChI is InChI=1S/C19H29N3O3.C2HF3O2/c1-15-4-5-17(25-15)11-21-13-19(14-21)7-6-16(12-24-19)10-20-18(23)22-8-2-3-9-22;3-2(4,5)1(6)7/h4-5,16H,2-3,6-14H2,1H3,(H,20,23);(H,6,7). The average molecular weight is 461 g/mol. The number of aliphatic carboxylic acids is 1. The zero-order chi connectivity index (χ0) is 23.4. The number of alkyl halides is 3. The Balaban J connectivity index is 0.000000360. The van der Waals surface area contributed by atoms with Crippen LogP contribution < -0.4 is 5.32 Å². The van der Waals surface area contributed by atoms with Crippen LogP contribution in [0.1, 0.15) is 37.2 Å². The Hall–Kier alpha value is -2.27. The minimum Gasteiger partial charge on any atom is -0.475 e. The number of halogens is 3. The molecule has 32 heavy (non-hydrogen) atoms. The third-order valence-electron chi connectivity index (χ3n) is 6.01. The molecule has 0 bridgehead atoms. The van der Waals surface area contributed by atoms with Gasteiger partial charge in [0.2, 0.25) is 0 Å². The lowest BCUT2D eigenvalue weighted by atomic mass is 9.83. The van der Waals surface area contributed by atoms with E-state index in [9.17, 15) is 18.0 Å². The van der Waals surface area contributed by atoms with E-state index >= 15 is 0 Å². The summed E-state index contributed by atoms with van der Waals surface area (Å²) in [5.41, 5.74) is 0.0388. The molecule has 4 heterocycles. The van der Waals surface area contributed by atoms with Crippen molar-refractivity contribution in [3.63, 3.8) is 0 Å². The van der Waals surface area contributed by atoms with Crippen LogP contribution in [0.5, 0.6) is 0 Å². The Labute approximate surface area is 184 Å². The second-order valence-corrected chi connectivity index (χ2v) is 8.74. The van der Waals surface area contributed by atoms with Gasteiger partial charge in [-0.2, -0.15) is 13.2 Å². The number of carboxylic acid groups (broad SMARTS) is 1. The number of rotatable bonds is 4. The number of likely N-dealkylation sites (tertiary alicyclic amines) is 2. The van der Waals surface area contributed by atoms with Crippen LogP contribution >= 0.6 is 0 Å². The third-order valence-corrected chi connectivity index (χ3v) is 6.01. The summed E-state index contributed by atoms with van der Waals surface area (Å²) in [7, 11) is 0. The molecule has 1 unspecified atom stereocenters. The number of furan rings is 1. The molecule has 8 nitrogen and oxygen atoms in total. The molecule has 0 aromatic carbocycles. The van der Waals surface area contributed by atoms with Crippen molar-refractivity contribution in [1.82, 2.24) is 15.1 Å². The Morgan fingerprint density at radius 1 is 1.25 bits per heavy atom. The number of hydrogen-bond acceptors (Lipinski definition) is 5. The Kier molecular flexibility index (Phi) is 7.71. The molecule has 1 spiro atoms. The molecular weight excluding hydrogens is 431 g/mol. The highest BCUT2D eigenvalue weighted by molar-refractivity contribution is 5.74. The molecule has 3 saturated heterocycles. The Morgan fingerprint density at radius 3 is 2.41 bits per heavy atom. The van der Waals surface area contributed by atoms with Crippen LogP contribution in [0, 0.1) is 12.8 Å². The summed E-state index contributed by atoms with van der Waals surface area (Å²) in [4.78, 5) is 25.3. The lowest BCUT2D eigenvalue weighted by Gasteiger charge is -2.52. The highest BCUT2D eigenvalue weighted by Crippen LogP contribution is 2.36. The van der Waals surface area contributed by atoms with Crippen molar-refractivity contribution >= 4 is 12.0 Å². The molecule has 0 aliphatic carbocycles. The van der Waals surface area contributed by atoms with E-state index in [1.165, 1.54) is 0 Å². The van der Waals surface area contributed by atoms with Crippen molar-refractivity contribution in [3.8, 4) is 0 Å². The van der Waals surface area contributed by atoms with Crippen molar-refractivity contribution in [2.75, 3.05) is 39.3 Å². The second-order valence-electron chi connectivity index (χ2n) is 8.74. The maximum Gasteiger partial charge on any atom is 0.490 e. The maximum absolute atomic E-state index is 12.1. The van der Waals surface area contributed by atoms with E-state index < -0.39 is 12.1 Å². The number of urea groups is 1. The fourth-order valence-electron chi connectivity index (χ4n) is 4.26. The molecule has 4 rings (SSSR count). The molecular formula is C21H30F3N3O5. The van der Waals surface area contributed by atoms with E-state index in [-0.39, 0.29) is 11.6 Å². The Bertz CT molecular complexity index is 776. The third kappa shape index (κ3) is 6.61. The van der Waals surface area contributed by atoms with Gasteiger partial charge >= 0.3 is 18.2 Å². The molecule has 2 N–H and O–H groups in total. The number of hydrogen-bond donors (Lipinski definition) is 2. The largest absolute Gasteiger partial charge is 0.490 e. The number of carboxylic acids is 1. The van der Waals surface area contributed by atoms with Gasteiger partial charge in [-0.15, -0.1) is 0 Å². The number of nitrogens with one attached hydrogen (secondary N) is 1. The number of nitrogens with zero attached hydrogens (tertiary/aromatic N) is 2. The first-order valence-corrected chi connectivity index (χ1v) is 10.8. The average Bonchev–Trinajstić information content (AvgIpc) is 3.38. The highest BCUT2D eigenvalue weighted by atomic mass is 19.4. The molecule has 1 aromatic rings. The summed E-state index contributed by atoms with van der Waals surface area (Å²) < 4.78 is 43.6. The van der Waals surface area contributed by atoms with Gasteiger partial charge in [-0.05, 0) is 50.7 Å². The molecule has 3 aliphatic rings. The summed E-state index contributed by atoms with van der Waals surface area (Å²) >= 11 is 0. The predicted octanol–water partition coefficient (Wildman–Crippen LogP) is 3.01. The Morgan fingerprint density at radius 2 is 1.91 bits per heavy atom. The number of carbonyl (C=O) groups excluding carboxylic acids is 1. The number of ether oxygens (including phenoxy) is 1. The molecule has 1 atom stereocenters. The van der Waals surface area contributed by atoms with Gasteiger partial charge in [0.1, 0.15) is 11.5 Å². The fraction of sp³-hybridized carbons (Fsp3) is 0.714. The molecule has 11 heteroatoms. The minimum absolute atomic E-state index is 0.0388. The summed E-state index contributed by atoms with van der Waals surface area (Å²) in [6.45, 7) is 8.12. The molecule has 3 fully saturated rings. The molecule has 2 amide bonds. The first kappa shape index (κ1) is 24.4. The summed E-state index contributed by atoms with van der Waals surface area (Å²) in [6, 6.07) is 4.17. The van der Waals surface area contributed by atoms with Crippen LogP contribution in [0.2, 0.25) is 0 Å². The molecule has 180 valence electrons. The van der Waals surface area contributed by atoms with Gasteiger partial charge < -0.3 is 24.5 Å². The lowest BCUT2D eigenvalue weighted by molar-refractivity contribution is -0.192. The molecule has 0 radical (unpaired) electrons. The van der Waals surface area contributed by atoms with Gasteiger partial charge in [-0.3, -0.25) is 4.90 Å². The van der Waals surface area contributed by atoms with Gasteiger partial charge in [0.25, 0.3) is 0 Å². The van der Waals surface area contributed by atoms with E-state index in [2.05, 4.69) is 16.3 Å². The summed E-state index contributed by atoms with van der Waals surface area (Å²) in [5, 5.41) is 10.2. The minimum atomic E-state index is -5.08.